The Morgan fingerprint density at radius 3 is 2.53 bits per heavy atom. The maximum Gasteiger partial charge on any atom is 0.307 e. The number of hydrogen-bond acceptors (Lipinski definition) is 4. The number of ether oxygens (including phenoxy) is 2. The van der Waals surface area contributed by atoms with E-state index in [9.17, 15) is 4.79 Å². The molecule has 0 saturated heterocycles. The van der Waals surface area contributed by atoms with Crippen molar-refractivity contribution in [1.29, 1.82) is 0 Å². The molecular weight excluding hydrogens is 242 g/mol. The van der Waals surface area contributed by atoms with Gasteiger partial charge in [0.05, 0.1) is 20.6 Å². The maximum absolute atomic E-state index is 11.1. The SMILES string of the molecule is COC(=O)C[C@@H](N)c1ccc(OC)c(C)c1.Cl. The maximum atomic E-state index is 11.1. The van der Waals surface area contributed by atoms with Crippen LogP contribution in [0.4, 0.5) is 0 Å². The highest BCUT2D eigenvalue weighted by Gasteiger charge is 2.12. The summed E-state index contributed by atoms with van der Waals surface area (Å²) >= 11 is 0. The third-order valence-corrected chi connectivity index (χ3v) is 2.46. The molecule has 4 nitrogen and oxygen atoms in total. The molecule has 0 unspecified atom stereocenters. The van der Waals surface area contributed by atoms with Crippen LogP contribution >= 0.6 is 12.4 Å². The summed E-state index contributed by atoms with van der Waals surface area (Å²) < 4.78 is 9.72. The summed E-state index contributed by atoms with van der Waals surface area (Å²) in [6.45, 7) is 1.94. The summed E-state index contributed by atoms with van der Waals surface area (Å²) in [5.74, 6) is 0.509. The van der Waals surface area contributed by atoms with E-state index < -0.39 is 0 Å². The highest BCUT2D eigenvalue weighted by atomic mass is 35.5. The Labute approximate surface area is 108 Å². The van der Waals surface area contributed by atoms with Gasteiger partial charge in [-0.25, -0.2) is 0 Å². The number of carbonyl (C=O) groups excluding carboxylic acids is 1. The van der Waals surface area contributed by atoms with Crippen LogP contribution in [0.3, 0.4) is 0 Å². The van der Waals surface area contributed by atoms with Gasteiger partial charge in [0.1, 0.15) is 5.75 Å². The molecule has 1 rings (SSSR count). The Morgan fingerprint density at radius 2 is 2.06 bits per heavy atom. The van der Waals surface area contributed by atoms with Gasteiger partial charge in [-0.3, -0.25) is 4.79 Å². The molecule has 0 bridgehead atoms. The van der Waals surface area contributed by atoms with Gasteiger partial charge >= 0.3 is 5.97 Å². The first-order valence-electron chi connectivity index (χ1n) is 5.05. The van der Waals surface area contributed by atoms with Gasteiger partial charge in [0.2, 0.25) is 0 Å². The van der Waals surface area contributed by atoms with Crippen molar-refractivity contribution in [3.63, 3.8) is 0 Å². The van der Waals surface area contributed by atoms with Crippen LogP contribution in [0.25, 0.3) is 0 Å². The van der Waals surface area contributed by atoms with E-state index in [1.54, 1.807) is 7.11 Å². The number of benzene rings is 1. The Kier molecular flexibility index (Phi) is 6.61. The molecule has 0 fully saturated rings. The molecule has 5 heteroatoms. The summed E-state index contributed by atoms with van der Waals surface area (Å²) in [7, 11) is 2.98. The third-order valence-electron chi connectivity index (χ3n) is 2.46. The smallest absolute Gasteiger partial charge is 0.307 e. The van der Waals surface area contributed by atoms with Gasteiger partial charge in [0, 0.05) is 6.04 Å². The fraction of sp³-hybridized carbons (Fsp3) is 0.417. The monoisotopic (exact) mass is 259 g/mol. The molecule has 0 spiro atoms. The summed E-state index contributed by atoms with van der Waals surface area (Å²) in [5, 5.41) is 0. The van der Waals surface area contributed by atoms with Crippen LogP contribution in [0.1, 0.15) is 23.6 Å². The number of esters is 1. The first-order chi connectivity index (χ1) is 7.58. The van der Waals surface area contributed by atoms with E-state index in [0.29, 0.717) is 0 Å². The predicted octanol–water partition coefficient (Wildman–Crippen LogP) is 1.99. The normalized spacial score (nSPS) is 11.3. The van der Waals surface area contributed by atoms with Crippen molar-refractivity contribution < 1.29 is 14.3 Å². The largest absolute Gasteiger partial charge is 0.496 e. The number of rotatable bonds is 4. The fourth-order valence-electron chi connectivity index (χ4n) is 1.51. The van der Waals surface area contributed by atoms with Crippen molar-refractivity contribution in [3.8, 4) is 5.75 Å². The topological polar surface area (TPSA) is 61.5 Å². The quantitative estimate of drug-likeness (QED) is 0.840. The second-order valence-electron chi connectivity index (χ2n) is 3.62. The second-order valence-corrected chi connectivity index (χ2v) is 3.62. The van der Waals surface area contributed by atoms with Crippen molar-refractivity contribution in [2.75, 3.05) is 14.2 Å². The summed E-state index contributed by atoms with van der Waals surface area (Å²) in [5.41, 5.74) is 7.80. The number of nitrogens with two attached hydrogens (primary N) is 1. The summed E-state index contributed by atoms with van der Waals surface area (Å²) in [6.07, 6.45) is 0.183. The summed E-state index contributed by atoms with van der Waals surface area (Å²) in [6, 6.07) is 5.30. The lowest BCUT2D eigenvalue weighted by atomic mass is 10.0. The minimum atomic E-state index is -0.336. The molecule has 0 heterocycles. The number of hydrogen-bond donors (Lipinski definition) is 1. The molecule has 96 valence electrons. The first kappa shape index (κ1) is 15.7. The van der Waals surface area contributed by atoms with Crippen LogP contribution in [0.5, 0.6) is 5.75 Å². The molecule has 0 aliphatic rings. The van der Waals surface area contributed by atoms with Crippen molar-refractivity contribution in [2.45, 2.75) is 19.4 Å². The lowest BCUT2D eigenvalue weighted by Crippen LogP contribution is -2.16. The molecule has 1 atom stereocenters. The van der Waals surface area contributed by atoms with Gasteiger partial charge in [0.25, 0.3) is 0 Å². The van der Waals surface area contributed by atoms with Gasteiger partial charge < -0.3 is 15.2 Å². The molecule has 0 aromatic heterocycles. The number of carbonyl (C=O) groups is 1. The molecule has 17 heavy (non-hydrogen) atoms. The zero-order valence-corrected chi connectivity index (χ0v) is 11.0. The molecule has 0 aliphatic heterocycles. The van der Waals surface area contributed by atoms with Gasteiger partial charge in [-0.05, 0) is 24.1 Å². The van der Waals surface area contributed by atoms with Gasteiger partial charge in [0.15, 0.2) is 0 Å². The molecule has 0 aliphatic carbocycles. The van der Waals surface area contributed by atoms with E-state index in [-0.39, 0.29) is 30.8 Å². The van der Waals surface area contributed by atoms with Crippen LogP contribution in [0.2, 0.25) is 0 Å². The van der Waals surface area contributed by atoms with Crippen molar-refractivity contribution in [1.82, 2.24) is 0 Å². The average Bonchev–Trinajstić information content (AvgIpc) is 2.28. The molecular formula is C12H18ClNO3. The van der Waals surface area contributed by atoms with E-state index >= 15 is 0 Å². The van der Waals surface area contributed by atoms with Crippen LogP contribution in [-0.2, 0) is 9.53 Å². The third kappa shape index (κ3) is 4.24. The van der Waals surface area contributed by atoms with Crippen LogP contribution in [0.15, 0.2) is 18.2 Å². The van der Waals surface area contributed by atoms with E-state index in [1.807, 2.05) is 25.1 Å². The Balaban J connectivity index is 0.00000256. The number of methoxy groups -OCH3 is 2. The van der Waals surface area contributed by atoms with Gasteiger partial charge in [-0.2, -0.15) is 0 Å². The van der Waals surface area contributed by atoms with Crippen molar-refractivity contribution in [2.24, 2.45) is 5.73 Å². The standard InChI is InChI=1S/C12H17NO3.ClH/c1-8-6-9(4-5-11(8)15-2)10(13)7-12(14)16-3;/h4-6,10H,7,13H2,1-3H3;1H/t10-;/m1./s1. The Hall–Kier alpha value is -1.26. The molecule has 1 aromatic rings. The zero-order chi connectivity index (χ0) is 12.1. The molecule has 2 N–H and O–H groups in total. The molecule has 1 aromatic carbocycles. The fourth-order valence-corrected chi connectivity index (χ4v) is 1.51. The minimum absolute atomic E-state index is 0. The van der Waals surface area contributed by atoms with E-state index in [1.165, 1.54) is 7.11 Å². The van der Waals surface area contributed by atoms with Crippen molar-refractivity contribution in [3.05, 3.63) is 29.3 Å². The predicted molar refractivity (Wildman–Crippen MR) is 68.5 cm³/mol. The van der Waals surface area contributed by atoms with Crippen molar-refractivity contribution >= 4 is 18.4 Å². The number of aryl methyl sites for hydroxylation is 1. The Bertz CT molecular complexity index is 382. The van der Waals surface area contributed by atoms with E-state index in [2.05, 4.69) is 4.74 Å². The van der Waals surface area contributed by atoms with E-state index in [4.69, 9.17) is 10.5 Å². The van der Waals surface area contributed by atoms with Gasteiger partial charge in [-0.1, -0.05) is 12.1 Å². The van der Waals surface area contributed by atoms with Gasteiger partial charge in [-0.15, -0.1) is 12.4 Å². The molecule has 0 amide bonds. The molecule has 0 saturated carbocycles. The highest BCUT2D eigenvalue weighted by molar-refractivity contribution is 5.85. The lowest BCUT2D eigenvalue weighted by molar-refractivity contribution is -0.141. The van der Waals surface area contributed by atoms with Crippen LogP contribution < -0.4 is 10.5 Å². The second kappa shape index (κ2) is 7.14. The van der Waals surface area contributed by atoms with E-state index in [0.717, 1.165) is 16.9 Å². The molecule has 0 radical (unpaired) electrons. The first-order valence-corrected chi connectivity index (χ1v) is 5.05. The van der Waals surface area contributed by atoms with Crippen LogP contribution in [0, 0.1) is 6.92 Å². The number of halogens is 1. The van der Waals surface area contributed by atoms with Crippen LogP contribution in [-0.4, -0.2) is 20.2 Å². The summed E-state index contributed by atoms with van der Waals surface area (Å²) in [4.78, 5) is 11.1. The average molecular weight is 260 g/mol. The minimum Gasteiger partial charge on any atom is -0.496 e. The highest BCUT2D eigenvalue weighted by Crippen LogP contribution is 2.23. The Morgan fingerprint density at radius 1 is 1.41 bits per heavy atom. The zero-order valence-electron chi connectivity index (χ0n) is 10.2. The lowest BCUT2D eigenvalue weighted by Gasteiger charge is -2.13.